The van der Waals surface area contributed by atoms with Crippen LogP contribution < -0.4 is 28.0 Å². The van der Waals surface area contributed by atoms with Gasteiger partial charge in [0.15, 0.2) is 0 Å². The average Bonchev–Trinajstić information content (AvgIpc) is 2.29. The Morgan fingerprint density at radius 2 is 2.17 bits per heavy atom. The van der Waals surface area contributed by atoms with E-state index >= 15 is 0 Å². The number of carbonyl (C=O) groups is 1. The molecule has 1 aromatic heterocycles. The maximum absolute atomic E-state index is 11.5. The second kappa shape index (κ2) is 5.87. The molecule has 0 aliphatic heterocycles. The minimum Gasteiger partial charge on any atom is -0.383 e. The lowest BCUT2D eigenvalue weighted by Gasteiger charge is -2.10. The van der Waals surface area contributed by atoms with Gasteiger partial charge in [-0.05, 0) is 0 Å². The number of nitrogen functional groups attached to an aromatic ring is 1. The number of amides is 1. The van der Waals surface area contributed by atoms with Gasteiger partial charge in [0.05, 0.1) is 6.61 Å². The molecule has 1 heterocycles. The van der Waals surface area contributed by atoms with Gasteiger partial charge < -0.3 is 21.5 Å². The first kappa shape index (κ1) is 13.8. The van der Waals surface area contributed by atoms with E-state index in [-0.39, 0.29) is 31.3 Å². The highest BCUT2D eigenvalue weighted by Gasteiger charge is 2.08. The summed E-state index contributed by atoms with van der Waals surface area (Å²) in [5.74, 6) is -0.548. The summed E-state index contributed by atoms with van der Waals surface area (Å²) in [6, 6.07) is 0. The van der Waals surface area contributed by atoms with Gasteiger partial charge >= 0.3 is 5.69 Å². The van der Waals surface area contributed by atoms with E-state index in [9.17, 15) is 14.4 Å². The standard InChI is InChI=1S/C9H15N5O4/c1-14-7(11)6(8(16)13-9(14)17)12-2-3-18-4-5(10)15/h12H,2-4,11H2,1H3,(H2,10,15)(H,13,16,17). The predicted octanol–water partition coefficient (Wildman–Crippen LogP) is -2.43. The Hall–Kier alpha value is -2.29. The van der Waals surface area contributed by atoms with Gasteiger partial charge in [-0.3, -0.25) is 19.1 Å². The second-order valence-corrected chi connectivity index (χ2v) is 3.52. The van der Waals surface area contributed by atoms with E-state index < -0.39 is 17.2 Å². The maximum Gasteiger partial charge on any atom is 0.329 e. The number of primary amides is 1. The average molecular weight is 257 g/mol. The Kier molecular flexibility index (Phi) is 4.49. The fourth-order valence-corrected chi connectivity index (χ4v) is 1.23. The lowest BCUT2D eigenvalue weighted by atomic mass is 10.4. The van der Waals surface area contributed by atoms with E-state index in [1.165, 1.54) is 7.05 Å². The van der Waals surface area contributed by atoms with E-state index in [0.29, 0.717) is 0 Å². The van der Waals surface area contributed by atoms with Crippen molar-refractivity contribution in [3.63, 3.8) is 0 Å². The van der Waals surface area contributed by atoms with E-state index in [2.05, 4.69) is 10.3 Å². The van der Waals surface area contributed by atoms with E-state index in [0.717, 1.165) is 4.57 Å². The van der Waals surface area contributed by atoms with Crippen molar-refractivity contribution in [3.05, 3.63) is 20.8 Å². The van der Waals surface area contributed by atoms with Gasteiger partial charge in [0.1, 0.15) is 18.1 Å². The second-order valence-electron chi connectivity index (χ2n) is 3.52. The number of aromatic amines is 1. The number of H-pyrrole nitrogens is 1. The quantitative estimate of drug-likeness (QED) is 0.417. The number of ether oxygens (including phenoxy) is 1. The van der Waals surface area contributed by atoms with Crippen molar-refractivity contribution in [1.29, 1.82) is 0 Å². The molecule has 0 aliphatic carbocycles. The first-order valence-electron chi connectivity index (χ1n) is 5.12. The summed E-state index contributed by atoms with van der Waals surface area (Å²) >= 11 is 0. The number of nitrogens with two attached hydrogens (primary N) is 2. The number of hydrogen-bond donors (Lipinski definition) is 4. The molecule has 100 valence electrons. The minimum atomic E-state index is -0.606. The van der Waals surface area contributed by atoms with E-state index in [4.69, 9.17) is 16.2 Å². The molecule has 0 saturated carbocycles. The van der Waals surface area contributed by atoms with Crippen molar-refractivity contribution in [2.24, 2.45) is 12.8 Å². The van der Waals surface area contributed by atoms with E-state index in [1.807, 2.05) is 0 Å². The lowest BCUT2D eigenvalue weighted by molar-refractivity contribution is -0.122. The third-order valence-electron chi connectivity index (χ3n) is 2.16. The SMILES string of the molecule is Cn1c(N)c(NCCOCC(N)=O)c(=O)[nH]c1=O. The Labute approximate surface area is 102 Å². The Morgan fingerprint density at radius 3 is 2.78 bits per heavy atom. The zero-order valence-corrected chi connectivity index (χ0v) is 9.86. The molecular formula is C9H15N5O4. The zero-order chi connectivity index (χ0) is 13.7. The smallest absolute Gasteiger partial charge is 0.329 e. The maximum atomic E-state index is 11.5. The lowest BCUT2D eigenvalue weighted by Crippen LogP contribution is -2.33. The van der Waals surface area contributed by atoms with Crippen LogP contribution in [0.5, 0.6) is 0 Å². The first-order chi connectivity index (χ1) is 8.43. The molecule has 9 nitrogen and oxygen atoms in total. The largest absolute Gasteiger partial charge is 0.383 e. The third-order valence-corrected chi connectivity index (χ3v) is 2.16. The van der Waals surface area contributed by atoms with Gasteiger partial charge in [0.2, 0.25) is 5.91 Å². The fraction of sp³-hybridized carbons (Fsp3) is 0.444. The van der Waals surface area contributed by atoms with Gasteiger partial charge in [-0.25, -0.2) is 4.79 Å². The van der Waals surface area contributed by atoms with Crippen molar-refractivity contribution in [1.82, 2.24) is 9.55 Å². The summed E-state index contributed by atoms with van der Waals surface area (Å²) < 4.78 is 6.00. The third kappa shape index (κ3) is 3.35. The van der Waals surface area contributed by atoms with Crippen LogP contribution in [0.25, 0.3) is 0 Å². The summed E-state index contributed by atoms with van der Waals surface area (Å²) in [7, 11) is 1.43. The van der Waals surface area contributed by atoms with Crippen molar-refractivity contribution >= 4 is 17.4 Å². The monoisotopic (exact) mass is 257 g/mol. The molecule has 0 radical (unpaired) electrons. The topological polar surface area (TPSA) is 145 Å². The van der Waals surface area contributed by atoms with Gasteiger partial charge in [0, 0.05) is 13.6 Å². The summed E-state index contributed by atoms with van der Waals surface area (Å²) in [4.78, 5) is 35.1. The molecule has 0 atom stereocenters. The highest BCUT2D eigenvalue weighted by atomic mass is 16.5. The van der Waals surface area contributed by atoms with Crippen LogP contribution in [0.2, 0.25) is 0 Å². The molecule has 18 heavy (non-hydrogen) atoms. The highest BCUT2D eigenvalue weighted by Crippen LogP contribution is 2.07. The molecular weight excluding hydrogens is 242 g/mol. The summed E-state index contributed by atoms with van der Waals surface area (Å²) in [5, 5.41) is 2.72. The zero-order valence-electron chi connectivity index (χ0n) is 9.86. The molecule has 1 rings (SSSR count). The molecule has 0 unspecified atom stereocenters. The van der Waals surface area contributed by atoms with Crippen LogP contribution in [0.1, 0.15) is 0 Å². The Bertz CT molecular complexity index is 547. The molecule has 6 N–H and O–H groups in total. The Balaban J connectivity index is 2.63. The summed E-state index contributed by atoms with van der Waals surface area (Å²) in [6.45, 7) is 0.226. The molecule has 0 aliphatic rings. The van der Waals surface area contributed by atoms with Gasteiger partial charge in [-0.1, -0.05) is 0 Å². The molecule has 1 aromatic rings. The van der Waals surface area contributed by atoms with Crippen LogP contribution in [-0.4, -0.2) is 35.2 Å². The van der Waals surface area contributed by atoms with Gasteiger partial charge in [-0.2, -0.15) is 0 Å². The molecule has 0 bridgehead atoms. The number of carbonyl (C=O) groups excluding carboxylic acids is 1. The minimum absolute atomic E-state index is 0.0265. The number of hydrogen-bond acceptors (Lipinski definition) is 6. The number of rotatable bonds is 6. The van der Waals surface area contributed by atoms with E-state index in [1.54, 1.807) is 0 Å². The molecule has 1 amide bonds. The van der Waals surface area contributed by atoms with Crippen LogP contribution in [0.4, 0.5) is 11.5 Å². The molecule has 0 aromatic carbocycles. The van der Waals surface area contributed by atoms with Crippen LogP contribution in [-0.2, 0) is 16.6 Å². The van der Waals surface area contributed by atoms with Crippen LogP contribution in [0.15, 0.2) is 9.59 Å². The number of anilines is 2. The van der Waals surface area contributed by atoms with Crippen LogP contribution in [0, 0.1) is 0 Å². The van der Waals surface area contributed by atoms with Crippen molar-refractivity contribution in [2.45, 2.75) is 0 Å². The first-order valence-corrected chi connectivity index (χ1v) is 5.12. The van der Waals surface area contributed by atoms with Crippen LogP contribution >= 0.6 is 0 Å². The van der Waals surface area contributed by atoms with Crippen molar-refractivity contribution in [3.8, 4) is 0 Å². The number of nitrogens with one attached hydrogen (secondary N) is 2. The molecule has 9 heteroatoms. The molecule has 0 saturated heterocycles. The fourth-order valence-electron chi connectivity index (χ4n) is 1.23. The highest BCUT2D eigenvalue weighted by molar-refractivity contribution is 5.74. The molecule has 0 spiro atoms. The Morgan fingerprint density at radius 1 is 1.50 bits per heavy atom. The predicted molar refractivity (Wildman–Crippen MR) is 65.2 cm³/mol. The van der Waals surface area contributed by atoms with Gasteiger partial charge in [-0.15, -0.1) is 0 Å². The van der Waals surface area contributed by atoms with Crippen molar-refractivity contribution < 1.29 is 9.53 Å². The summed E-state index contributed by atoms with van der Waals surface area (Å²) in [6.07, 6.45) is 0. The number of aromatic nitrogens is 2. The normalized spacial score (nSPS) is 10.3. The van der Waals surface area contributed by atoms with Crippen LogP contribution in [0.3, 0.4) is 0 Å². The summed E-state index contributed by atoms with van der Waals surface area (Å²) in [5.41, 5.74) is 9.37. The molecule has 0 fully saturated rings. The van der Waals surface area contributed by atoms with Gasteiger partial charge in [0.25, 0.3) is 5.56 Å². The van der Waals surface area contributed by atoms with Crippen molar-refractivity contribution in [2.75, 3.05) is 30.8 Å². The number of nitrogens with zero attached hydrogens (tertiary/aromatic N) is 1.